The number of hydrogen-bond acceptors (Lipinski definition) is 6. The average molecular weight is 393 g/mol. The van der Waals surface area contributed by atoms with E-state index in [-0.39, 0.29) is 18.1 Å². The summed E-state index contributed by atoms with van der Waals surface area (Å²) in [7, 11) is 0. The fourth-order valence-electron chi connectivity index (χ4n) is 3.33. The summed E-state index contributed by atoms with van der Waals surface area (Å²) in [5, 5.41) is 4.36. The van der Waals surface area contributed by atoms with E-state index in [4.69, 9.17) is 9.47 Å². The van der Waals surface area contributed by atoms with Crippen molar-refractivity contribution in [3.05, 3.63) is 66.4 Å². The molecule has 0 saturated carbocycles. The molecule has 3 aromatic rings. The molecule has 8 heteroatoms. The van der Waals surface area contributed by atoms with Gasteiger partial charge in [-0.2, -0.15) is 5.10 Å². The van der Waals surface area contributed by atoms with Crippen LogP contribution in [0.2, 0.25) is 0 Å². The highest BCUT2D eigenvalue weighted by Gasteiger charge is 2.34. The van der Waals surface area contributed by atoms with Gasteiger partial charge in [0.25, 0.3) is 5.91 Å². The lowest BCUT2D eigenvalue weighted by atomic mass is 10.1. The van der Waals surface area contributed by atoms with E-state index >= 15 is 0 Å². The van der Waals surface area contributed by atoms with E-state index in [1.807, 2.05) is 44.2 Å². The number of pyridine rings is 1. The summed E-state index contributed by atoms with van der Waals surface area (Å²) in [4.78, 5) is 23.9. The third-order valence-corrected chi connectivity index (χ3v) is 4.61. The Kier molecular flexibility index (Phi) is 5.53. The summed E-state index contributed by atoms with van der Waals surface area (Å²) in [6, 6.07) is 12.8. The molecule has 8 nitrogen and oxygen atoms in total. The van der Waals surface area contributed by atoms with Crippen LogP contribution in [0.1, 0.15) is 36.1 Å². The van der Waals surface area contributed by atoms with Crippen LogP contribution >= 0.6 is 0 Å². The Labute approximate surface area is 169 Å². The maximum atomic E-state index is 13.4. The Hall–Kier alpha value is -3.26. The van der Waals surface area contributed by atoms with Crippen LogP contribution in [0.5, 0.6) is 5.88 Å². The van der Waals surface area contributed by atoms with Crippen LogP contribution in [0.15, 0.2) is 55.0 Å². The first-order chi connectivity index (χ1) is 14.1. The maximum absolute atomic E-state index is 13.4. The number of nitrogens with zero attached hydrogens (tertiary/aromatic N) is 5. The summed E-state index contributed by atoms with van der Waals surface area (Å²) < 4.78 is 13.2. The van der Waals surface area contributed by atoms with Crippen molar-refractivity contribution in [3.63, 3.8) is 0 Å². The van der Waals surface area contributed by atoms with Gasteiger partial charge in [-0.25, -0.2) is 14.6 Å². The van der Waals surface area contributed by atoms with Crippen LogP contribution in [0.3, 0.4) is 0 Å². The molecule has 0 radical (unpaired) electrons. The largest absolute Gasteiger partial charge is 0.474 e. The van der Waals surface area contributed by atoms with E-state index < -0.39 is 0 Å². The maximum Gasteiger partial charge on any atom is 0.260 e. The fraction of sp³-hybridized carbons (Fsp3) is 0.333. The van der Waals surface area contributed by atoms with E-state index in [0.717, 1.165) is 5.69 Å². The summed E-state index contributed by atoms with van der Waals surface area (Å²) in [5.74, 6) is 0.825. The Balaban J connectivity index is 1.68. The number of morpholine rings is 1. The molecule has 0 spiro atoms. The van der Waals surface area contributed by atoms with Gasteiger partial charge in [0, 0.05) is 12.7 Å². The van der Waals surface area contributed by atoms with Gasteiger partial charge in [-0.1, -0.05) is 18.2 Å². The van der Waals surface area contributed by atoms with Gasteiger partial charge in [0.05, 0.1) is 25.0 Å². The molecule has 1 amide bonds. The van der Waals surface area contributed by atoms with Crippen molar-refractivity contribution < 1.29 is 14.3 Å². The molecule has 1 aliphatic heterocycles. The lowest BCUT2D eigenvalue weighted by Gasteiger charge is -2.35. The van der Waals surface area contributed by atoms with Crippen molar-refractivity contribution in [2.24, 2.45) is 0 Å². The van der Waals surface area contributed by atoms with Crippen LogP contribution in [-0.4, -0.2) is 56.4 Å². The predicted octanol–water partition coefficient (Wildman–Crippen LogP) is 2.66. The molecule has 4 rings (SSSR count). The van der Waals surface area contributed by atoms with Crippen molar-refractivity contribution in [3.8, 4) is 11.6 Å². The molecule has 0 bridgehead atoms. The minimum absolute atomic E-state index is 0.0851. The number of ether oxygens (including phenoxy) is 2. The van der Waals surface area contributed by atoms with Gasteiger partial charge in [-0.15, -0.1) is 0 Å². The van der Waals surface area contributed by atoms with E-state index in [1.54, 1.807) is 27.9 Å². The minimum Gasteiger partial charge on any atom is -0.474 e. The van der Waals surface area contributed by atoms with Gasteiger partial charge >= 0.3 is 0 Å². The normalized spacial score (nSPS) is 16.8. The summed E-state index contributed by atoms with van der Waals surface area (Å²) in [6.45, 7) is 5.06. The lowest BCUT2D eigenvalue weighted by Crippen LogP contribution is -2.44. The monoisotopic (exact) mass is 393 g/mol. The van der Waals surface area contributed by atoms with E-state index in [1.165, 1.54) is 6.33 Å². The van der Waals surface area contributed by atoms with Crippen molar-refractivity contribution in [1.82, 2.24) is 24.6 Å². The number of hydrogen-bond donors (Lipinski definition) is 0. The quantitative estimate of drug-likeness (QED) is 0.663. The third kappa shape index (κ3) is 3.97. The SMILES string of the molecule is CC(C)Oc1ncccc1C(=O)N1CCOCC1c1ncnn1-c1ccccc1. The molecule has 1 saturated heterocycles. The topological polar surface area (TPSA) is 82.4 Å². The van der Waals surface area contributed by atoms with Crippen molar-refractivity contribution in [2.75, 3.05) is 19.8 Å². The number of aromatic nitrogens is 4. The first-order valence-electron chi connectivity index (χ1n) is 9.61. The number of benzene rings is 1. The molecular formula is C21H23N5O3. The molecule has 1 atom stereocenters. The van der Waals surface area contributed by atoms with E-state index in [9.17, 15) is 4.79 Å². The van der Waals surface area contributed by atoms with Crippen molar-refractivity contribution in [2.45, 2.75) is 26.0 Å². The molecule has 1 aromatic carbocycles. The predicted molar refractivity (Wildman–Crippen MR) is 106 cm³/mol. The average Bonchev–Trinajstić information content (AvgIpc) is 3.24. The van der Waals surface area contributed by atoms with Gasteiger partial charge in [0.15, 0.2) is 5.82 Å². The van der Waals surface area contributed by atoms with Crippen LogP contribution in [0.4, 0.5) is 0 Å². The Morgan fingerprint density at radius 1 is 1.17 bits per heavy atom. The summed E-state index contributed by atoms with van der Waals surface area (Å²) in [5.41, 5.74) is 1.31. The zero-order chi connectivity index (χ0) is 20.2. The molecular weight excluding hydrogens is 370 g/mol. The van der Waals surface area contributed by atoms with Crippen LogP contribution < -0.4 is 4.74 Å². The van der Waals surface area contributed by atoms with Gasteiger partial charge in [-0.3, -0.25) is 4.79 Å². The highest BCUT2D eigenvalue weighted by molar-refractivity contribution is 5.96. The van der Waals surface area contributed by atoms with Crippen molar-refractivity contribution in [1.29, 1.82) is 0 Å². The van der Waals surface area contributed by atoms with Gasteiger partial charge in [0.2, 0.25) is 5.88 Å². The molecule has 0 aliphatic carbocycles. The second kappa shape index (κ2) is 8.40. The summed E-state index contributed by atoms with van der Waals surface area (Å²) in [6.07, 6.45) is 3.03. The van der Waals surface area contributed by atoms with Gasteiger partial charge < -0.3 is 14.4 Å². The van der Waals surface area contributed by atoms with E-state index in [0.29, 0.717) is 37.0 Å². The fourth-order valence-corrected chi connectivity index (χ4v) is 3.33. The molecule has 150 valence electrons. The molecule has 1 fully saturated rings. The molecule has 2 aromatic heterocycles. The van der Waals surface area contributed by atoms with Gasteiger partial charge in [0.1, 0.15) is 17.9 Å². The molecule has 1 unspecified atom stereocenters. The first kappa shape index (κ1) is 19.1. The van der Waals surface area contributed by atoms with E-state index in [2.05, 4.69) is 15.1 Å². The van der Waals surface area contributed by atoms with Crippen LogP contribution in [0.25, 0.3) is 5.69 Å². The minimum atomic E-state index is -0.369. The smallest absolute Gasteiger partial charge is 0.260 e. The number of para-hydroxylation sites is 1. The molecule has 3 heterocycles. The molecule has 0 N–H and O–H groups in total. The second-order valence-corrected chi connectivity index (χ2v) is 6.98. The standard InChI is InChI=1S/C21H23N5O3/c1-15(2)29-20-17(9-6-10-22-20)21(27)25-11-12-28-13-18(25)19-23-14-24-26(19)16-7-4-3-5-8-16/h3-10,14-15,18H,11-13H2,1-2H3. The van der Waals surface area contributed by atoms with Gasteiger partial charge in [-0.05, 0) is 38.1 Å². The third-order valence-electron chi connectivity index (χ3n) is 4.61. The molecule has 29 heavy (non-hydrogen) atoms. The number of rotatable bonds is 5. The second-order valence-electron chi connectivity index (χ2n) is 6.98. The zero-order valence-corrected chi connectivity index (χ0v) is 16.4. The van der Waals surface area contributed by atoms with Crippen LogP contribution in [0, 0.1) is 0 Å². The Morgan fingerprint density at radius 2 is 2.00 bits per heavy atom. The Bertz CT molecular complexity index is 973. The zero-order valence-electron chi connectivity index (χ0n) is 16.4. The Morgan fingerprint density at radius 3 is 2.79 bits per heavy atom. The highest BCUT2D eigenvalue weighted by atomic mass is 16.5. The van der Waals surface area contributed by atoms with Crippen molar-refractivity contribution >= 4 is 5.91 Å². The lowest BCUT2D eigenvalue weighted by molar-refractivity contribution is -0.00606. The number of carbonyl (C=O) groups excluding carboxylic acids is 1. The first-order valence-corrected chi connectivity index (χ1v) is 9.61. The number of carbonyl (C=O) groups is 1. The number of amides is 1. The highest BCUT2D eigenvalue weighted by Crippen LogP contribution is 2.28. The summed E-state index contributed by atoms with van der Waals surface area (Å²) >= 11 is 0. The molecule has 1 aliphatic rings. The van der Waals surface area contributed by atoms with Crippen LogP contribution in [-0.2, 0) is 4.74 Å².